The van der Waals surface area contributed by atoms with E-state index in [0.717, 1.165) is 16.9 Å². The molecule has 0 aliphatic rings. The lowest BCUT2D eigenvalue weighted by Gasteiger charge is -2.06. The molecule has 0 saturated heterocycles. The molecule has 1 unspecified atom stereocenters. The minimum atomic E-state index is 0.0208. The van der Waals surface area contributed by atoms with Crippen molar-refractivity contribution in [1.29, 1.82) is 0 Å². The van der Waals surface area contributed by atoms with Gasteiger partial charge < -0.3 is 5.73 Å². The van der Waals surface area contributed by atoms with E-state index in [2.05, 4.69) is 16.2 Å². The predicted octanol–water partition coefficient (Wildman–Crippen LogP) is 1.50. The van der Waals surface area contributed by atoms with E-state index < -0.39 is 0 Å². The maximum absolute atomic E-state index is 5.81. The van der Waals surface area contributed by atoms with Gasteiger partial charge in [-0.05, 0) is 24.9 Å². The van der Waals surface area contributed by atoms with Crippen molar-refractivity contribution in [1.82, 2.24) is 9.59 Å². The first kappa shape index (κ1) is 8.36. The standard InChI is InChI=1S/C7H11N3S/c1-5(2)3-6(8)7-4-9-10-11-7/h4,6H,1,3,8H2,2H3. The minimum absolute atomic E-state index is 0.0208. The van der Waals surface area contributed by atoms with Crippen LogP contribution in [0.5, 0.6) is 0 Å². The van der Waals surface area contributed by atoms with E-state index in [4.69, 9.17) is 5.73 Å². The fourth-order valence-electron chi connectivity index (χ4n) is 0.814. The molecular formula is C7H11N3S. The third-order valence-electron chi connectivity index (χ3n) is 1.31. The number of aromatic nitrogens is 2. The summed E-state index contributed by atoms with van der Waals surface area (Å²) in [7, 11) is 0. The molecule has 0 amide bonds. The molecule has 0 aliphatic heterocycles. The van der Waals surface area contributed by atoms with Crippen LogP contribution in [0.4, 0.5) is 0 Å². The van der Waals surface area contributed by atoms with Gasteiger partial charge in [-0.15, -0.1) is 11.7 Å². The number of nitrogens with zero attached hydrogens (tertiary/aromatic N) is 2. The molecule has 0 radical (unpaired) electrons. The summed E-state index contributed by atoms with van der Waals surface area (Å²) in [5, 5.41) is 3.71. The Hall–Kier alpha value is -0.740. The lowest BCUT2D eigenvalue weighted by molar-refractivity contribution is 0.729. The summed E-state index contributed by atoms with van der Waals surface area (Å²) in [4.78, 5) is 1.02. The third kappa shape index (κ3) is 2.40. The van der Waals surface area contributed by atoms with Crippen molar-refractivity contribution in [2.24, 2.45) is 5.73 Å². The van der Waals surface area contributed by atoms with Gasteiger partial charge in [0.05, 0.1) is 11.1 Å². The van der Waals surface area contributed by atoms with Crippen LogP contribution < -0.4 is 5.73 Å². The highest BCUT2D eigenvalue weighted by molar-refractivity contribution is 7.05. The summed E-state index contributed by atoms with van der Waals surface area (Å²) in [6.07, 6.45) is 2.52. The first-order valence-corrected chi connectivity index (χ1v) is 4.14. The zero-order valence-corrected chi connectivity index (χ0v) is 7.27. The molecule has 0 aromatic carbocycles. The van der Waals surface area contributed by atoms with Gasteiger partial charge in [-0.2, -0.15) is 0 Å². The van der Waals surface area contributed by atoms with E-state index in [9.17, 15) is 0 Å². The topological polar surface area (TPSA) is 51.8 Å². The van der Waals surface area contributed by atoms with E-state index >= 15 is 0 Å². The molecule has 0 fully saturated rings. The Morgan fingerprint density at radius 2 is 2.64 bits per heavy atom. The normalized spacial score (nSPS) is 12.9. The van der Waals surface area contributed by atoms with E-state index in [0.29, 0.717) is 0 Å². The molecule has 1 rings (SSSR count). The average Bonchev–Trinajstić information content (AvgIpc) is 2.35. The molecule has 0 saturated carbocycles. The van der Waals surface area contributed by atoms with E-state index in [1.165, 1.54) is 11.5 Å². The molecule has 1 heterocycles. The van der Waals surface area contributed by atoms with Crippen LogP contribution in [0.3, 0.4) is 0 Å². The second-order valence-corrected chi connectivity index (χ2v) is 3.40. The summed E-state index contributed by atoms with van der Waals surface area (Å²) in [5.74, 6) is 0. The van der Waals surface area contributed by atoms with E-state index in [1.54, 1.807) is 6.20 Å². The molecule has 4 heteroatoms. The van der Waals surface area contributed by atoms with Gasteiger partial charge in [-0.1, -0.05) is 10.1 Å². The first-order valence-electron chi connectivity index (χ1n) is 3.37. The maximum Gasteiger partial charge on any atom is 0.0669 e. The van der Waals surface area contributed by atoms with Crippen molar-refractivity contribution in [2.45, 2.75) is 19.4 Å². The Balaban J connectivity index is 2.56. The number of rotatable bonds is 3. The Bertz CT molecular complexity index is 230. The number of hydrogen-bond acceptors (Lipinski definition) is 4. The van der Waals surface area contributed by atoms with E-state index in [1.807, 2.05) is 6.92 Å². The van der Waals surface area contributed by atoms with Crippen molar-refractivity contribution in [3.8, 4) is 0 Å². The van der Waals surface area contributed by atoms with Crippen LogP contribution in [0.15, 0.2) is 18.3 Å². The molecule has 1 aromatic heterocycles. The summed E-state index contributed by atoms with van der Waals surface area (Å²) < 4.78 is 3.73. The first-order chi connectivity index (χ1) is 5.20. The molecule has 11 heavy (non-hydrogen) atoms. The molecule has 0 aliphatic carbocycles. The molecule has 0 bridgehead atoms. The van der Waals surface area contributed by atoms with Gasteiger partial charge in [-0.25, -0.2) is 0 Å². The van der Waals surface area contributed by atoms with Crippen LogP contribution in [-0.4, -0.2) is 9.59 Å². The Morgan fingerprint density at radius 3 is 3.09 bits per heavy atom. The Morgan fingerprint density at radius 1 is 1.91 bits per heavy atom. The molecule has 60 valence electrons. The molecule has 2 N–H and O–H groups in total. The maximum atomic E-state index is 5.81. The van der Waals surface area contributed by atoms with Crippen LogP contribution in [0.25, 0.3) is 0 Å². The van der Waals surface area contributed by atoms with Crippen LogP contribution >= 0.6 is 11.5 Å². The lowest BCUT2D eigenvalue weighted by atomic mass is 10.1. The lowest BCUT2D eigenvalue weighted by Crippen LogP contribution is -2.08. The SMILES string of the molecule is C=C(C)CC(N)c1cnns1. The second-order valence-electron chi connectivity index (χ2n) is 2.59. The van der Waals surface area contributed by atoms with Gasteiger partial charge in [0.2, 0.25) is 0 Å². The Kier molecular flexibility index (Phi) is 2.73. The summed E-state index contributed by atoms with van der Waals surface area (Å²) in [6.45, 7) is 5.76. The molecule has 1 aromatic rings. The predicted molar refractivity (Wildman–Crippen MR) is 46.3 cm³/mol. The summed E-state index contributed by atoms with van der Waals surface area (Å²) in [5.41, 5.74) is 6.90. The van der Waals surface area contributed by atoms with Crippen molar-refractivity contribution in [3.05, 3.63) is 23.2 Å². The van der Waals surface area contributed by atoms with Crippen LogP contribution in [0, 0.1) is 0 Å². The fourth-order valence-corrected chi connectivity index (χ4v) is 1.32. The zero-order chi connectivity index (χ0) is 8.27. The van der Waals surface area contributed by atoms with Gasteiger partial charge in [0.25, 0.3) is 0 Å². The average molecular weight is 169 g/mol. The molecule has 1 atom stereocenters. The van der Waals surface area contributed by atoms with Crippen molar-refractivity contribution in [2.75, 3.05) is 0 Å². The molecule has 3 nitrogen and oxygen atoms in total. The van der Waals surface area contributed by atoms with E-state index in [-0.39, 0.29) is 6.04 Å². The molecular weight excluding hydrogens is 158 g/mol. The fraction of sp³-hybridized carbons (Fsp3) is 0.429. The van der Waals surface area contributed by atoms with Crippen LogP contribution in [0.1, 0.15) is 24.3 Å². The minimum Gasteiger partial charge on any atom is -0.323 e. The quantitative estimate of drug-likeness (QED) is 0.698. The zero-order valence-electron chi connectivity index (χ0n) is 6.45. The number of hydrogen-bond donors (Lipinski definition) is 1. The summed E-state index contributed by atoms with van der Waals surface area (Å²) >= 11 is 1.35. The largest absolute Gasteiger partial charge is 0.323 e. The highest BCUT2D eigenvalue weighted by Gasteiger charge is 2.07. The number of nitrogens with two attached hydrogens (primary N) is 1. The van der Waals surface area contributed by atoms with Crippen molar-refractivity contribution < 1.29 is 0 Å². The monoisotopic (exact) mass is 169 g/mol. The highest BCUT2D eigenvalue weighted by atomic mass is 32.1. The Labute approximate surface area is 70.1 Å². The second kappa shape index (κ2) is 3.59. The highest BCUT2D eigenvalue weighted by Crippen LogP contribution is 2.18. The van der Waals surface area contributed by atoms with Gasteiger partial charge in [-0.3, -0.25) is 0 Å². The third-order valence-corrected chi connectivity index (χ3v) is 2.11. The van der Waals surface area contributed by atoms with Gasteiger partial charge >= 0.3 is 0 Å². The van der Waals surface area contributed by atoms with Crippen molar-refractivity contribution >= 4 is 11.5 Å². The summed E-state index contributed by atoms with van der Waals surface area (Å²) in [6, 6.07) is 0.0208. The van der Waals surface area contributed by atoms with Crippen LogP contribution in [-0.2, 0) is 0 Å². The van der Waals surface area contributed by atoms with Crippen molar-refractivity contribution in [3.63, 3.8) is 0 Å². The van der Waals surface area contributed by atoms with Gasteiger partial charge in [0.1, 0.15) is 0 Å². The van der Waals surface area contributed by atoms with Gasteiger partial charge in [0, 0.05) is 6.04 Å². The smallest absolute Gasteiger partial charge is 0.0669 e. The molecule has 0 spiro atoms. The van der Waals surface area contributed by atoms with Crippen LogP contribution in [0.2, 0.25) is 0 Å². The van der Waals surface area contributed by atoms with Gasteiger partial charge in [0.15, 0.2) is 0 Å².